The Balaban J connectivity index is 0.612. The minimum atomic E-state index is -0.182. The molecule has 5 nitrogen and oxygen atoms in total. The predicted molar refractivity (Wildman–Crippen MR) is 493 cm³/mol. The lowest BCUT2D eigenvalue weighted by Crippen LogP contribution is -2.16. The van der Waals surface area contributed by atoms with Crippen LogP contribution in [0.5, 0.6) is 0 Å². The van der Waals surface area contributed by atoms with Gasteiger partial charge in [0.1, 0.15) is 22.3 Å². The Kier molecular flexibility index (Phi) is 15.8. The number of nitrogens with zero attached hydrogens (tertiary/aromatic N) is 3. The number of fused-ring (bicyclic) bond motifs is 15. The van der Waals surface area contributed by atoms with Crippen LogP contribution in [0.4, 0.5) is 34.1 Å². The van der Waals surface area contributed by atoms with E-state index in [-0.39, 0.29) is 5.41 Å². The number of hydrogen-bond donors (Lipinski definition) is 0. The maximum absolute atomic E-state index is 7.00. The first-order chi connectivity index (χ1) is 57.7. The van der Waals surface area contributed by atoms with E-state index in [1.807, 2.05) is 23.5 Å². The number of benzene rings is 18. The van der Waals surface area contributed by atoms with E-state index in [2.05, 4.69) is 423 Å². The largest absolute Gasteiger partial charge is 0.455 e. The summed E-state index contributed by atoms with van der Waals surface area (Å²) in [6, 6.07) is 149. The van der Waals surface area contributed by atoms with Gasteiger partial charge < -0.3 is 23.2 Å². The van der Waals surface area contributed by atoms with Gasteiger partial charge >= 0.3 is 0 Å². The van der Waals surface area contributed by atoms with Crippen molar-refractivity contribution in [3.05, 3.63) is 418 Å². The molecule has 4 heterocycles. The quantitative estimate of drug-likeness (QED) is 0.109. The Bertz CT molecular complexity index is 7660. The first-order valence-corrected chi connectivity index (χ1v) is 41.0. The summed E-state index contributed by atoms with van der Waals surface area (Å²) in [4.78, 5) is 4.80. The van der Waals surface area contributed by atoms with Gasteiger partial charge in [0, 0.05) is 109 Å². The normalized spacial score (nSPS) is 12.4. The molecule has 6 heteroatoms. The van der Waals surface area contributed by atoms with Crippen LogP contribution in [0.15, 0.2) is 415 Å². The number of furan rings is 2. The second-order valence-corrected chi connectivity index (χ2v) is 32.5. The molecular formula is C111H73N3O2S. The average molecular weight is 1510 g/mol. The van der Waals surface area contributed by atoms with Crippen molar-refractivity contribution in [1.29, 1.82) is 0 Å². The molecule has 0 radical (unpaired) electrons. The molecule has 0 unspecified atom stereocenters. The maximum Gasteiger partial charge on any atom is 0.143 e. The summed E-state index contributed by atoms with van der Waals surface area (Å²) in [6.45, 7) is 4.74. The first kappa shape index (κ1) is 67.8. The minimum absolute atomic E-state index is 0.182. The Hall–Kier alpha value is -14.8. The third kappa shape index (κ3) is 11.3. The maximum atomic E-state index is 7.00. The number of anilines is 6. The summed E-state index contributed by atoms with van der Waals surface area (Å²) in [7, 11) is 0. The number of aromatic nitrogens is 1. The highest BCUT2D eigenvalue weighted by molar-refractivity contribution is 7.26. The van der Waals surface area contributed by atoms with Crippen LogP contribution in [0.3, 0.4) is 0 Å². The van der Waals surface area contributed by atoms with E-state index < -0.39 is 0 Å². The third-order valence-corrected chi connectivity index (χ3v) is 25.7. The van der Waals surface area contributed by atoms with Crippen LogP contribution >= 0.6 is 11.3 Å². The van der Waals surface area contributed by atoms with Gasteiger partial charge in [0.15, 0.2) is 0 Å². The van der Waals surface area contributed by atoms with Gasteiger partial charge in [0.2, 0.25) is 0 Å². The fourth-order valence-corrected chi connectivity index (χ4v) is 19.9. The van der Waals surface area contributed by atoms with E-state index in [0.29, 0.717) is 0 Å². The second kappa shape index (κ2) is 27.2. The average Bonchev–Trinajstić information content (AvgIpc) is 1.58. The lowest BCUT2D eigenvalue weighted by molar-refractivity contribution is 0.660. The van der Waals surface area contributed by atoms with Crippen molar-refractivity contribution in [3.8, 4) is 94.7 Å². The molecule has 0 amide bonds. The molecule has 117 heavy (non-hydrogen) atoms. The Morgan fingerprint density at radius 3 is 1.32 bits per heavy atom. The second-order valence-electron chi connectivity index (χ2n) is 31.4. The number of hydrogen-bond acceptors (Lipinski definition) is 5. The van der Waals surface area contributed by atoms with Crippen molar-refractivity contribution in [2.75, 3.05) is 9.80 Å². The molecule has 0 saturated carbocycles. The lowest BCUT2D eigenvalue weighted by Gasteiger charge is -2.28. The Morgan fingerprint density at radius 1 is 0.248 bits per heavy atom. The molecule has 550 valence electrons. The molecule has 1 aliphatic carbocycles. The van der Waals surface area contributed by atoms with Crippen LogP contribution in [0.1, 0.15) is 25.0 Å². The molecule has 1 aliphatic rings. The summed E-state index contributed by atoms with van der Waals surface area (Å²) in [5, 5.41) is 9.33. The molecule has 23 rings (SSSR count). The number of para-hydroxylation sites is 5. The zero-order chi connectivity index (χ0) is 77.4. The number of thiophene rings is 1. The van der Waals surface area contributed by atoms with Crippen molar-refractivity contribution < 1.29 is 8.83 Å². The van der Waals surface area contributed by atoms with Gasteiger partial charge in [0.25, 0.3) is 0 Å². The summed E-state index contributed by atoms with van der Waals surface area (Å²) >= 11 is 1.87. The topological polar surface area (TPSA) is 37.7 Å². The van der Waals surface area contributed by atoms with Gasteiger partial charge in [0.05, 0.1) is 11.0 Å². The van der Waals surface area contributed by atoms with Gasteiger partial charge in [-0.1, -0.05) is 287 Å². The highest BCUT2D eigenvalue weighted by atomic mass is 32.1. The summed E-state index contributed by atoms with van der Waals surface area (Å²) in [6.07, 6.45) is 0. The van der Waals surface area contributed by atoms with Gasteiger partial charge in [-0.2, -0.15) is 0 Å². The fourth-order valence-electron chi connectivity index (χ4n) is 18.7. The highest BCUT2D eigenvalue weighted by Gasteiger charge is 2.36. The molecule has 18 aromatic carbocycles. The van der Waals surface area contributed by atoms with Crippen LogP contribution in [0.2, 0.25) is 0 Å². The summed E-state index contributed by atoms with van der Waals surface area (Å²) in [5.41, 5.74) is 34.4. The van der Waals surface area contributed by atoms with Crippen molar-refractivity contribution in [2.45, 2.75) is 19.3 Å². The third-order valence-electron chi connectivity index (χ3n) is 24.5. The predicted octanol–water partition coefficient (Wildman–Crippen LogP) is 31.9. The molecular weight excluding hydrogens is 1440 g/mol. The van der Waals surface area contributed by atoms with E-state index in [1.165, 1.54) is 92.0 Å². The Labute approximate surface area is 681 Å². The molecule has 0 bridgehead atoms. The van der Waals surface area contributed by atoms with Crippen molar-refractivity contribution in [1.82, 2.24) is 4.57 Å². The van der Waals surface area contributed by atoms with Gasteiger partial charge in [-0.3, -0.25) is 0 Å². The van der Waals surface area contributed by atoms with Gasteiger partial charge in [-0.15, -0.1) is 11.3 Å². The molecule has 0 spiro atoms. The smallest absolute Gasteiger partial charge is 0.143 e. The molecule has 0 N–H and O–H groups in total. The summed E-state index contributed by atoms with van der Waals surface area (Å²) < 4.78 is 18.4. The molecule has 0 fully saturated rings. The molecule has 22 aromatic rings. The SMILES string of the molecule is CC1(C)c2ccccc2-c2ccc(N(c3ccc(-c4ccc5c(c4)c4ccccc4n5-c4ccccc4)cc3)c3ccc(-c4ccc(-c5cc(-c6ccc(N(c7ccc(-c8ccc(-c9ccccc9)cc8)cc7)c7ccc(-c8cccc9c8oc8ccccc89)cc7)cc6)c6oc7ccccc7c6c5)c5c4sc4ccccc45)cc3)cc21. The Morgan fingerprint density at radius 2 is 0.667 bits per heavy atom. The monoisotopic (exact) mass is 1510 g/mol. The van der Waals surface area contributed by atoms with E-state index in [9.17, 15) is 0 Å². The molecule has 0 atom stereocenters. The van der Waals surface area contributed by atoms with Crippen molar-refractivity contribution in [3.63, 3.8) is 0 Å². The van der Waals surface area contributed by atoms with Crippen LogP contribution in [-0.4, -0.2) is 4.57 Å². The van der Waals surface area contributed by atoms with E-state index >= 15 is 0 Å². The lowest BCUT2D eigenvalue weighted by atomic mass is 9.82. The number of rotatable bonds is 14. The molecule has 0 saturated heterocycles. The van der Waals surface area contributed by atoms with Crippen LogP contribution in [0.25, 0.3) is 181 Å². The zero-order valence-electron chi connectivity index (χ0n) is 64.2. The van der Waals surface area contributed by atoms with Gasteiger partial charge in [-0.05, 0) is 222 Å². The molecule has 4 aromatic heterocycles. The minimum Gasteiger partial charge on any atom is -0.455 e. The van der Waals surface area contributed by atoms with E-state index in [4.69, 9.17) is 8.83 Å². The summed E-state index contributed by atoms with van der Waals surface area (Å²) in [5.74, 6) is 0. The van der Waals surface area contributed by atoms with Crippen molar-refractivity contribution in [2.24, 2.45) is 0 Å². The molecule has 0 aliphatic heterocycles. The van der Waals surface area contributed by atoms with Crippen LogP contribution < -0.4 is 9.80 Å². The van der Waals surface area contributed by atoms with Crippen LogP contribution in [0, 0.1) is 0 Å². The first-order valence-electron chi connectivity index (χ1n) is 40.2. The zero-order valence-corrected chi connectivity index (χ0v) is 65.1. The van der Waals surface area contributed by atoms with Gasteiger partial charge in [-0.25, -0.2) is 0 Å². The van der Waals surface area contributed by atoms with Crippen LogP contribution in [-0.2, 0) is 5.41 Å². The van der Waals surface area contributed by atoms with Crippen molar-refractivity contribution >= 4 is 131 Å². The fraction of sp³-hybridized carbons (Fsp3) is 0.0270. The van der Waals surface area contributed by atoms with E-state index in [1.54, 1.807) is 0 Å². The van der Waals surface area contributed by atoms with E-state index in [0.717, 1.165) is 134 Å². The standard InChI is InChI=1S/C111H73N3O2S/c1-111(2)100-31-14-9-24-90(100)91-62-61-86(69-101(91)111)113(84-53-42-74(43-54-84)78-50-65-103-98(66-78)92-25-10-15-32-102(92)114(103)80-22-7-4-8-23-80)85-57-46-76(47-58-85)89-64-63-87(107-96-28-13-18-35-106(96)117-110(89)107)79-67-97(109-99(68-79)94-27-12-17-34-105(94)116-109)77-48-59-83(60-49-77)112(81-51-40-73(41-52-81)72-38-36-71(37-39-72)70-20-5-3-6-21-70)82-55-44-75(45-56-82)88-29-19-30-95-93-26-11-16-33-104(93)115-108(88)95/h3-69H,1-2H3. The highest BCUT2D eigenvalue weighted by Crippen LogP contribution is 2.53.